The molecule has 1 heterocycles. The highest BCUT2D eigenvalue weighted by molar-refractivity contribution is 5.80. The predicted molar refractivity (Wildman–Crippen MR) is 62.6 cm³/mol. The lowest BCUT2D eigenvalue weighted by molar-refractivity contribution is -0.137. The molecule has 0 aromatic heterocycles. The number of carboxylic acid groups (broad SMARTS) is 1. The van der Waals surface area contributed by atoms with Gasteiger partial charge in [0, 0.05) is 19.6 Å². The summed E-state index contributed by atoms with van der Waals surface area (Å²) in [5.74, 6) is -0.482. The first-order valence-corrected chi connectivity index (χ1v) is 6.20. The van der Waals surface area contributed by atoms with Gasteiger partial charge in [-0.25, -0.2) is 0 Å². The van der Waals surface area contributed by atoms with E-state index in [1.807, 2.05) is 6.92 Å². The zero-order chi connectivity index (χ0) is 12.7. The lowest BCUT2D eigenvalue weighted by Gasteiger charge is -2.13. The fourth-order valence-corrected chi connectivity index (χ4v) is 1.85. The van der Waals surface area contributed by atoms with Gasteiger partial charge in [-0.15, -0.1) is 0 Å². The molecule has 1 rings (SSSR count). The summed E-state index contributed by atoms with van der Waals surface area (Å²) in [6.07, 6.45) is 3.15. The zero-order valence-corrected chi connectivity index (χ0v) is 10.3. The van der Waals surface area contributed by atoms with Crippen LogP contribution in [0.4, 0.5) is 0 Å². The van der Waals surface area contributed by atoms with Crippen LogP contribution in [-0.4, -0.2) is 36.2 Å². The maximum atomic E-state index is 11.6. The van der Waals surface area contributed by atoms with E-state index in [2.05, 4.69) is 5.32 Å². The standard InChI is InChI=1S/C12H21NO4/c1-9(4-5-11(14)15)6-7-13-12(16)10-3-2-8-17-10/h9-10H,2-8H2,1H3,(H,13,16)(H,14,15)/t9?,10-/m0/s1. The molecule has 0 aliphatic carbocycles. The van der Waals surface area contributed by atoms with Crippen molar-refractivity contribution in [1.29, 1.82) is 0 Å². The first-order chi connectivity index (χ1) is 8.09. The summed E-state index contributed by atoms with van der Waals surface area (Å²) < 4.78 is 5.26. The van der Waals surface area contributed by atoms with Crippen molar-refractivity contribution in [3.63, 3.8) is 0 Å². The fourth-order valence-electron chi connectivity index (χ4n) is 1.85. The second-order valence-electron chi connectivity index (χ2n) is 4.62. The Hall–Kier alpha value is -1.10. The van der Waals surface area contributed by atoms with E-state index in [1.165, 1.54) is 0 Å². The van der Waals surface area contributed by atoms with Gasteiger partial charge < -0.3 is 15.2 Å². The van der Waals surface area contributed by atoms with Gasteiger partial charge in [-0.1, -0.05) is 6.92 Å². The molecule has 0 aromatic carbocycles. The zero-order valence-electron chi connectivity index (χ0n) is 10.3. The number of rotatable bonds is 7. The summed E-state index contributed by atoms with van der Waals surface area (Å²) in [6, 6.07) is 0. The number of amides is 1. The van der Waals surface area contributed by atoms with Gasteiger partial charge in [0.1, 0.15) is 6.10 Å². The molecule has 5 nitrogen and oxygen atoms in total. The Morgan fingerprint density at radius 3 is 2.82 bits per heavy atom. The Labute approximate surface area is 102 Å². The smallest absolute Gasteiger partial charge is 0.303 e. The van der Waals surface area contributed by atoms with Crippen LogP contribution in [0.15, 0.2) is 0 Å². The molecule has 1 amide bonds. The molecule has 0 aromatic rings. The third-order valence-corrected chi connectivity index (χ3v) is 3.01. The summed E-state index contributed by atoms with van der Waals surface area (Å²) in [4.78, 5) is 21.9. The van der Waals surface area contributed by atoms with Crippen LogP contribution in [-0.2, 0) is 14.3 Å². The van der Waals surface area contributed by atoms with E-state index >= 15 is 0 Å². The molecule has 0 radical (unpaired) electrons. The fraction of sp³-hybridized carbons (Fsp3) is 0.833. The van der Waals surface area contributed by atoms with E-state index in [4.69, 9.17) is 9.84 Å². The molecule has 5 heteroatoms. The molecule has 0 bridgehead atoms. The third-order valence-electron chi connectivity index (χ3n) is 3.01. The minimum atomic E-state index is -0.764. The largest absolute Gasteiger partial charge is 0.481 e. The number of carboxylic acids is 1. The quantitative estimate of drug-likeness (QED) is 0.704. The Bertz CT molecular complexity index is 261. The van der Waals surface area contributed by atoms with Gasteiger partial charge >= 0.3 is 5.97 Å². The molecule has 0 spiro atoms. The van der Waals surface area contributed by atoms with Crippen molar-refractivity contribution in [2.24, 2.45) is 5.92 Å². The van der Waals surface area contributed by atoms with Crippen molar-refractivity contribution >= 4 is 11.9 Å². The highest BCUT2D eigenvalue weighted by Gasteiger charge is 2.22. The lowest BCUT2D eigenvalue weighted by Crippen LogP contribution is -2.35. The predicted octanol–water partition coefficient (Wildman–Crippen LogP) is 1.17. The van der Waals surface area contributed by atoms with Gasteiger partial charge in [-0.05, 0) is 31.6 Å². The number of hydrogen-bond acceptors (Lipinski definition) is 3. The highest BCUT2D eigenvalue weighted by Crippen LogP contribution is 2.12. The summed E-state index contributed by atoms with van der Waals surface area (Å²) in [7, 11) is 0. The van der Waals surface area contributed by atoms with Crippen LogP contribution < -0.4 is 5.32 Å². The Morgan fingerprint density at radius 2 is 2.24 bits per heavy atom. The molecule has 0 saturated carbocycles. The number of carbonyl (C=O) groups excluding carboxylic acids is 1. The number of ether oxygens (including phenoxy) is 1. The van der Waals surface area contributed by atoms with Crippen molar-refractivity contribution in [2.45, 2.75) is 45.1 Å². The van der Waals surface area contributed by atoms with Crippen LogP contribution in [0.5, 0.6) is 0 Å². The van der Waals surface area contributed by atoms with Crippen molar-refractivity contribution in [2.75, 3.05) is 13.2 Å². The molecule has 1 aliphatic rings. The van der Waals surface area contributed by atoms with E-state index < -0.39 is 5.97 Å². The van der Waals surface area contributed by atoms with Crippen molar-refractivity contribution in [1.82, 2.24) is 5.32 Å². The summed E-state index contributed by atoms with van der Waals surface area (Å²) in [5.41, 5.74) is 0. The Kier molecular flexibility index (Phi) is 5.97. The SMILES string of the molecule is CC(CCNC(=O)[C@@H]1CCCO1)CCC(=O)O. The monoisotopic (exact) mass is 243 g/mol. The van der Waals surface area contributed by atoms with E-state index in [9.17, 15) is 9.59 Å². The number of carbonyl (C=O) groups is 2. The van der Waals surface area contributed by atoms with Gasteiger partial charge in [0.05, 0.1) is 0 Å². The number of aliphatic carboxylic acids is 1. The van der Waals surface area contributed by atoms with Crippen LogP contribution in [0.25, 0.3) is 0 Å². The molecular weight excluding hydrogens is 222 g/mol. The highest BCUT2D eigenvalue weighted by atomic mass is 16.5. The average Bonchev–Trinajstić information content (AvgIpc) is 2.79. The van der Waals surface area contributed by atoms with Crippen molar-refractivity contribution < 1.29 is 19.4 Å². The first kappa shape index (κ1) is 14.0. The number of hydrogen-bond donors (Lipinski definition) is 2. The van der Waals surface area contributed by atoms with E-state index in [1.54, 1.807) is 0 Å². The lowest BCUT2D eigenvalue weighted by atomic mass is 10.0. The van der Waals surface area contributed by atoms with Crippen molar-refractivity contribution in [3.05, 3.63) is 0 Å². The van der Waals surface area contributed by atoms with E-state index in [0.717, 1.165) is 19.3 Å². The van der Waals surface area contributed by atoms with Crippen LogP contribution >= 0.6 is 0 Å². The third kappa shape index (κ3) is 5.68. The Morgan fingerprint density at radius 1 is 1.47 bits per heavy atom. The molecule has 1 fully saturated rings. The molecule has 2 N–H and O–H groups in total. The Balaban J connectivity index is 2.06. The van der Waals surface area contributed by atoms with Crippen LogP contribution in [0.2, 0.25) is 0 Å². The van der Waals surface area contributed by atoms with Gasteiger partial charge in [0.15, 0.2) is 0 Å². The van der Waals surface area contributed by atoms with E-state index in [0.29, 0.717) is 25.5 Å². The second kappa shape index (κ2) is 7.27. The summed E-state index contributed by atoms with van der Waals surface area (Å²) >= 11 is 0. The molecule has 17 heavy (non-hydrogen) atoms. The first-order valence-electron chi connectivity index (χ1n) is 6.20. The van der Waals surface area contributed by atoms with Gasteiger partial charge in [0.25, 0.3) is 0 Å². The minimum absolute atomic E-state index is 0.0343. The van der Waals surface area contributed by atoms with Crippen LogP contribution in [0.3, 0.4) is 0 Å². The molecule has 2 atom stereocenters. The van der Waals surface area contributed by atoms with Gasteiger partial charge in [-0.3, -0.25) is 9.59 Å². The van der Waals surface area contributed by atoms with E-state index in [-0.39, 0.29) is 18.4 Å². The maximum Gasteiger partial charge on any atom is 0.303 e. The molecule has 1 unspecified atom stereocenters. The van der Waals surface area contributed by atoms with Crippen LogP contribution in [0.1, 0.15) is 39.0 Å². The molecule has 1 aliphatic heterocycles. The van der Waals surface area contributed by atoms with Gasteiger partial charge in [0.2, 0.25) is 5.91 Å². The second-order valence-corrected chi connectivity index (χ2v) is 4.62. The molecule has 1 saturated heterocycles. The van der Waals surface area contributed by atoms with Crippen LogP contribution in [0, 0.1) is 5.92 Å². The van der Waals surface area contributed by atoms with Gasteiger partial charge in [-0.2, -0.15) is 0 Å². The number of nitrogens with one attached hydrogen (secondary N) is 1. The van der Waals surface area contributed by atoms with Crippen molar-refractivity contribution in [3.8, 4) is 0 Å². The molecular formula is C12H21NO4. The summed E-state index contributed by atoms with van der Waals surface area (Å²) in [5, 5.41) is 11.4. The topological polar surface area (TPSA) is 75.6 Å². The average molecular weight is 243 g/mol. The maximum absolute atomic E-state index is 11.6. The minimum Gasteiger partial charge on any atom is -0.481 e. The molecule has 98 valence electrons. The normalized spacial score (nSPS) is 21.1. The summed E-state index contributed by atoms with van der Waals surface area (Å²) in [6.45, 7) is 3.27.